The highest BCUT2D eigenvalue weighted by atomic mass is 16.5. The Bertz CT molecular complexity index is 779. The Labute approximate surface area is 148 Å². The van der Waals surface area contributed by atoms with Gasteiger partial charge in [-0.05, 0) is 54.7 Å². The summed E-state index contributed by atoms with van der Waals surface area (Å²) in [5.74, 6) is 1.28. The molecule has 2 saturated carbocycles. The van der Waals surface area contributed by atoms with Crippen molar-refractivity contribution in [2.24, 2.45) is 23.2 Å². The van der Waals surface area contributed by atoms with Gasteiger partial charge >= 0.3 is 5.97 Å². The van der Waals surface area contributed by atoms with E-state index in [0.29, 0.717) is 17.9 Å². The van der Waals surface area contributed by atoms with E-state index in [1.807, 2.05) is 0 Å². The van der Waals surface area contributed by atoms with Gasteiger partial charge in [0.05, 0.1) is 19.1 Å². The number of carbonyl (C=O) groups is 1. The first-order chi connectivity index (χ1) is 12.1. The van der Waals surface area contributed by atoms with Crippen molar-refractivity contribution in [1.29, 1.82) is 0 Å². The van der Waals surface area contributed by atoms with Gasteiger partial charge in [0.25, 0.3) is 0 Å². The van der Waals surface area contributed by atoms with Crippen molar-refractivity contribution in [2.75, 3.05) is 25.5 Å². The summed E-state index contributed by atoms with van der Waals surface area (Å²) in [6.07, 6.45) is 3.54. The molecular formula is C21H26N2O2. The molecule has 4 fully saturated rings. The summed E-state index contributed by atoms with van der Waals surface area (Å²) >= 11 is 0. The van der Waals surface area contributed by atoms with Gasteiger partial charge in [0.2, 0.25) is 0 Å². The molecule has 5 aliphatic rings. The van der Waals surface area contributed by atoms with Gasteiger partial charge < -0.3 is 10.1 Å². The van der Waals surface area contributed by atoms with Gasteiger partial charge in [0, 0.05) is 23.7 Å². The van der Waals surface area contributed by atoms with Crippen LogP contribution in [0.5, 0.6) is 0 Å². The summed E-state index contributed by atoms with van der Waals surface area (Å²) in [5, 5.41) is 3.80. The Kier molecular flexibility index (Phi) is 2.57. The second kappa shape index (κ2) is 4.40. The number of hydrogen-bond donors (Lipinski definition) is 1. The van der Waals surface area contributed by atoms with Crippen molar-refractivity contribution in [2.45, 2.75) is 43.7 Å². The number of piperidine rings is 2. The fourth-order valence-corrected chi connectivity index (χ4v) is 8.19. The molecule has 25 heavy (non-hydrogen) atoms. The van der Waals surface area contributed by atoms with Crippen molar-refractivity contribution in [3.8, 4) is 0 Å². The molecule has 6 rings (SSSR count). The van der Waals surface area contributed by atoms with Crippen molar-refractivity contribution in [1.82, 2.24) is 4.90 Å². The quantitative estimate of drug-likeness (QED) is 0.800. The number of nitrogens with zero attached hydrogens (tertiary/aromatic N) is 1. The molecular weight excluding hydrogens is 312 g/mol. The molecule has 0 amide bonds. The van der Waals surface area contributed by atoms with Crippen LogP contribution in [-0.4, -0.2) is 43.2 Å². The molecule has 4 heteroatoms. The summed E-state index contributed by atoms with van der Waals surface area (Å²) in [6.45, 7) is 4.91. The van der Waals surface area contributed by atoms with Crippen LogP contribution in [-0.2, 0) is 14.9 Å². The van der Waals surface area contributed by atoms with Gasteiger partial charge in [-0.2, -0.15) is 0 Å². The lowest BCUT2D eigenvalue weighted by atomic mass is 9.54. The average molecular weight is 338 g/mol. The Hall–Kier alpha value is -1.55. The van der Waals surface area contributed by atoms with E-state index in [0.717, 1.165) is 6.42 Å². The fraction of sp³-hybridized carbons (Fsp3) is 0.667. The maximum absolute atomic E-state index is 12.8. The molecule has 0 unspecified atom stereocenters. The first-order valence-corrected chi connectivity index (χ1v) is 9.82. The fourth-order valence-electron chi connectivity index (χ4n) is 8.19. The molecule has 0 radical (unpaired) electrons. The minimum Gasteiger partial charge on any atom is -0.469 e. The molecule has 2 aliphatic carbocycles. The molecule has 4 bridgehead atoms. The molecule has 4 nitrogen and oxygen atoms in total. The number of carbonyl (C=O) groups excluding carboxylic acids is 1. The van der Waals surface area contributed by atoms with Gasteiger partial charge in [-0.3, -0.25) is 9.69 Å². The van der Waals surface area contributed by atoms with Crippen LogP contribution in [0.15, 0.2) is 24.3 Å². The topological polar surface area (TPSA) is 41.6 Å². The average Bonchev–Trinajstić information content (AvgIpc) is 3.22. The van der Waals surface area contributed by atoms with Crippen LogP contribution in [0.4, 0.5) is 5.69 Å². The number of hydrogen-bond acceptors (Lipinski definition) is 4. The second-order valence-corrected chi connectivity index (χ2v) is 9.06. The summed E-state index contributed by atoms with van der Waals surface area (Å²) in [6, 6.07) is 9.61. The van der Waals surface area contributed by atoms with Crippen LogP contribution < -0.4 is 5.32 Å². The monoisotopic (exact) mass is 338 g/mol. The molecule has 0 aromatic heterocycles. The number of nitrogens with one attached hydrogen (secondary N) is 1. The van der Waals surface area contributed by atoms with E-state index >= 15 is 0 Å². The number of anilines is 1. The third-order valence-corrected chi connectivity index (χ3v) is 8.73. The molecule has 1 aromatic rings. The van der Waals surface area contributed by atoms with Crippen molar-refractivity contribution < 1.29 is 9.53 Å². The number of rotatable bonds is 1. The first-order valence-electron chi connectivity index (χ1n) is 9.82. The van der Waals surface area contributed by atoms with E-state index < -0.39 is 0 Å². The number of fused-ring (bicyclic) bond motifs is 1. The highest BCUT2D eigenvalue weighted by Crippen LogP contribution is 2.75. The van der Waals surface area contributed by atoms with E-state index in [-0.39, 0.29) is 28.8 Å². The van der Waals surface area contributed by atoms with E-state index in [1.165, 1.54) is 37.2 Å². The minimum absolute atomic E-state index is 0.0145. The number of esters is 1. The third kappa shape index (κ3) is 1.35. The predicted molar refractivity (Wildman–Crippen MR) is 95.3 cm³/mol. The normalized spacial score (nSPS) is 48.6. The van der Waals surface area contributed by atoms with Crippen molar-refractivity contribution in [3.63, 3.8) is 0 Å². The maximum Gasteiger partial charge on any atom is 0.310 e. The third-order valence-electron chi connectivity index (χ3n) is 8.73. The van der Waals surface area contributed by atoms with Gasteiger partial charge in [0.1, 0.15) is 0 Å². The van der Waals surface area contributed by atoms with Crippen LogP contribution in [0.2, 0.25) is 0 Å². The second-order valence-electron chi connectivity index (χ2n) is 9.06. The minimum atomic E-state index is -0.0286. The number of methoxy groups -OCH3 is 1. The van der Waals surface area contributed by atoms with Gasteiger partial charge in [-0.25, -0.2) is 0 Å². The molecule has 1 aromatic carbocycles. The summed E-state index contributed by atoms with van der Waals surface area (Å²) < 4.78 is 5.29. The lowest BCUT2D eigenvalue weighted by Gasteiger charge is -2.57. The summed E-state index contributed by atoms with van der Waals surface area (Å²) in [5.41, 5.74) is 3.11. The molecule has 1 N–H and O–H groups in total. The first kappa shape index (κ1) is 14.6. The maximum atomic E-state index is 12.8. The number of ether oxygens (including phenoxy) is 1. The number of benzene rings is 1. The summed E-state index contributed by atoms with van der Waals surface area (Å²) in [4.78, 5) is 15.6. The van der Waals surface area contributed by atoms with Crippen LogP contribution in [0.3, 0.4) is 0 Å². The van der Waals surface area contributed by atoms with Gasteiger partial charge in [-0.1, -0.05) is 25.1 Å². The lowest BCUT2D eigenvalue weighted by molar-refractivity contribution is -0.152. The van der Waals surface area contributed by atoms with Gasteiger partial charge in [-0.15, -0.1) is 0 Å². The smallest absolute Gasteiger partial charge is 0.310 e. The SMILES string of the molecule is COC(=O)[C@@H]1C[C@]23CCCN4C[C@H]([C@@H]2C)[C@@]2(c5ccccc5N[C@@H]12)[C@H]43. The highest BCUT2D eigenvalue weighted by molar-refractivity contribution is 5.78. The summed E-state index contributed by atoms with van der Waals surface area (Å²) in [7, 11) is 1.55. The zero-order chi connectivity index (χ0) is 17.0. The Morgan fingerprint density at radius 1 is 1.36 bits per heavy atom. The standard InChI is InChI=1S/C21H26N2O2/c1-12-15-11-23-9-5-8-20(12)10-13(18(24)25-2)17-21(15,19(20)23)14-6-3-4-7-16(14)22-17/h3-4,6-7,12-13,15,17,19,22H,5,8-11H2,1-2H3/t12-,13+,15+,17-,19+,20+,21+/m0/s1. The van der Waals surface area contributed by atoms with E-state index in [2.05, 4.69) is 41.4 Å². The predicted octanol–water partition coefficient (Wildman–Crippen LogP) is 2.64. The zero-order valence-corrected chi connectivity index (χ0v) is 15.0. The van der Waals surface area contributed by atoms with Crippen molar-refractivity contribution in [3.05, 3.63) is 29.8 Å². The van der Waals surface area contributed by atoms with Crippen molar-refractivity contribution >= 4 is 11.7 Å². The van der Waals surface area contributed by atoms with Crippen LogP contribution in [0.1, 0.15) is 31.7 Å². The molecule has 3 heterocycles. The Morgan fingerprint density at radius 3 is 3.04 bits per heavy atom. The highest BCUT2D eigenvalue weighted by Gasteiger charge is 2.80. The molecule has 3 aliphatic heterocycles. The Morgan fingerprint density at radius 2 is 2.20 bits per heavy atom. The molecule has 7 atom stereocenters. The lowest BCUT2D eigenvalue weighted by Crippen LogP contribution is -2.65. The van der Waals surface area contributed by atoms with Crippen LogP contribution >= 0.6 is 0 Å². The molecule has 132 valence electrons. The number of para-hydroxylation sites is 1. The van der Waals surface area contributed by atoms with Crippen LogP contribution in [0, 0.1) is 23.2 Å². The largest absolute Gasteiger partial charge is 0.469 e. The molecule has 2 saturated heterocycles. The van der Waals surface area contributed by atoms with Crippen LogP contribution in [0.25, 0.3) is 0 Å². The van der Waals surface area contributed by atoms with E-state index in [9.17, 15) is 4.79 Å². The Balaban J connectivity index is 1.64. The molecule has 1 spiro atoms. The zero-order valence-electron chi connectivity index (χ0n) is 15.0. The van der Waals surface area contributed by atoms with E-state index in [1.54, 1.807) is 7.11 Å². The van der Waals surface area contributed by atoms with E-state index in [4.69, 9.17) is 4.74 Å². The van der Waals surface area contributed by atoms with Gasteiger partial charge in [0.15, 0.2) is 0 Å².